The fourth-order valence-electron chi connectivity index (χ4n) is 3.84. The van der Waals surface area contributed by atoms with Gasteiger partial charge in [0.15, 0.2) is 5.96 Å². The van der Waals surface area contributed by atoms with Gasteiger partial charge < -0.3 is 29.4 Å². The second kappa shape index (κ2) is 13.2. The molecule has 2 fully saturated rings. The lowest BCUT2D eigenvalue weighted by Crippen LogP contribution is -2.50. The Labute approximate surface area is 185 Å². The minimum Gasteiger partial charge on any atom is -0.469 e. The van der Waals surface area contributed by atoms with Gasteiger partial charge in [-0.3, -0.25) is 9.89 Å². The molecule has 3 rings (SSSR count). The number of rotatable bonds is 9. The van der Waals surface area contributed by atoms with Gasteiger partial charge in [-0.05, 0) is 38.3 Å². The summed E-state index contributed by atoms with van der Waals surface area (Å²) < 4.78 is 15.9. The second-order valence-corrected chi connectivity index (χ2v) is 7.90. The maximum Gasteiger partial charge on any atom is 0.409 e. The highest BCUT2D eigenvalue weighted by Crippen LogP contribution is 2.11. The van der Waals surface area contributed by atoms with Gasteiger partial charge in [-0.25, -0.2) is 4.79 Å². The Balaban J connectivity index is 1.44. The molecule has 0 radical (unpaired) electrons. The van der Waals surface area contributed by atoms with Crippen LogP contribution in [-0.2, 0) is 15.9 Å². The molecule has 2 saturated heterocycles. The van der Waals surface area contributed by atoms with Crippen molar-refractivity contribution in [2.75, 3.05) is 65.6 Å². The number of furan rings is 1. The van der Waals surface area contributed by atoms with Crippen molar-refractivity contribution in [1.29, 1.82) is 0 Å². The van der Waals surface area contributed by atoms with Gasteiger partial charge in [-0.1, -0.05) is 0 Å². The zero-order valence-corrected chi connectivity index (χ0v) is 18.7. The van der Waals surface area contributed by atoms with Crippen LogP contribution in [0.25, 0.3) is 0 Å². The number of ether oxygens (including phenoxy) is 2. The highest BCUT2D eigenvalue weighted by molar-refractivity contribution is 5.80. The number of piperidine rings is 1. The van der Waals surface area contributed by atoms with E-state index >= 15 is 0 Å². The lowest BCUT2D eigenvalue weighted by molar-refractivity contribution is 0.0377. The van der Waals surface area contributed by atoms with Gasteiger partial charge in [0.1, 0.15) is 5.76 Å². The smallest absolute Gasteiger partial charge is 0.409 e. The van der Waals surface area contributed by atoms with Crippen molar-refractivity contribution in [3.63, 3.8) is 0 Å². The first-order valence-corrected chi connectivity index (χ1v) is 11.5. The molecular formula is C22H37N5O4. The summed E-state index contributed by atoms with van der Waals surface area (Å²) in [6.07, 6.45) is 5.08. The van der Waals surface area contributed by atoms with E-state index < -0.39 is 0 Å². The minimum absolute atomic E-state index is 0.213. The standard InChI is InChI=1S/C22H37N5O4/c1-2-30-22(28)27-12-7-19(8-13-27)25-21(24-10-6-20-5-3-16-31-20)23-9-4-11-26-14-17-29-18-15-26/h3,5,16,19H,2,4,6-15,17-18H2,1H3,(H2,23,24,25). The molecule has 0 atom stereocenters. The third kappa shape index (κ3) is 8.41. The molecule has 0 spiro atoms. The molecule has 9 heteroatoms. The third-order valence-corrected chi connectivity index (χ3v) is 5.61. The zero-order valence-electron chi connectivity index (χ0n) is 18.7. The Morgan fingerprint density at radius 2 is 2.06 bits per heavy atom. The van der Waals surface area contributed by atoms with E-state index in [2.05, 4.69) is 15.5 Å². The predicted octanol–water partition coefficient (Wildman–Crippen LogP) is 1.70. The van der Waals surface area contributed by atoms with Crippen LogP contribution in [0.15, 0.2) is 27.8 Å². The lowest BCUT2D eigenvalue weighted by Gasteiger charge is -2.32. The molecule has 1 aromatic rings. The van der Waals surface area contributed by atoms with Crippen LogP contribution in [0, 0.1) is 0 Å². The monoisotopic (exact) mass is 435 g/mol. The average Bonchev–Trinajstić information content (AvgIpc) is 3.31. The SMILES string of the molecule is CCOC(=O)N1CCC(NC(=NCCCN2CCOCC2)NCCc2ccco2)CC1. The zero-order chi connectivity index (χ0) is 21.7. The van der Waals surface area contributed by atoms with E-state index in [1.807, 2.05) is 19.1 Å². The van der Waals surface area contributed by atoms with Crippen molar-refractivity contribution in [1.82, 2.24) is 20.4 Å². The number of amides is 1. The number of hydrogen-bond donors (Lipinski definition) is 2. The van der Waals surface area contributed by atoms with Crippen molar-refractivity contribution in [3.8, 4) is 0 Å². The number of carbonyl (C=O) groups is 1. The van der Waals surface area contributed by atoms with Gasteiger partial charge in [0.05, 0.1) is 26.1 Å². The van der Waals surface area contributed by atoms with E-state index in [-0.39, 0.29) is 6.09 Å². The summed E-state index contributed by atoms with van der Waals surface area (Å²) in [5, 5.41) is 7.00. The van der Waals surface area contributed by atoms with E-state index in [4.69, 9.17) is 18.9 Å². The summed E-state index contributed by atoms with van der Waals surface area (Å²) in [4.78, 5) is 20.9. The number of carbonyl (C=O) groups excluding carboxylic acids is 1. The van der Waals surface area contributed by atoms with Crippen molar-refractivity contribution >= 4 is 12.1 Å². The van der Waals surface area contributed by atoms with Gasteiger partial charge in [-0.2, -0.15) is 0 Å². The van der Waals surface area contributed by atoms with Crippen molar-refractivity contribution in [2.24, 2.45) is 4.99 Å². The van der Waals surface area contributed by atoms with Gasteiger partial charge in [0.25, 0.3) is 0 Å². The van der Waals surface area contributed by atoms with Crippen LogP contribution in [0.2, 0.25) is 0 Å². The molecule has 3 heterocycles. The van der Waals surface area contributed by atoms with Crippen LogP contribution in [0.3, 0.4) is 0 Å². The molecule has 174 valence electrons. The fraction of sp³-hybridized carbons (Fsp3) is 0.727. The normalized spacial score (nSPS) is 18.7. The Bertz CT molecular complexity index is 653. The Hall–Kier alpha value is -2.26. The average molecular weight is 436 g/mol. The first-order valence-electron chi connectivity index (χ1n) is 11.5. The number of guanidine groups is 1. The van der Waals surface area contributed by atoms with Crippen LogP contribution in [0.4, 0.5) is 4.79 Å². The van der Waals surface area contributed by atoms with E-state index in [0.29, 0.717) is 25.7 Å². The minimum atomic E-state index is -0.213. The quantitative estimate of drug-likeness (QED) is 0.347. The van der Waals surface area contributed by atoms with E-state index in [1.54, 1.807) is 11.2 Å². The first-order chi connectivity index (χ1) is 15.2. The molecule has 0 unspecified atom stereocenters. The van der Waals surface area contributed by atoms with Gasteiger partial charge in [0, 0.05) is 58.3 Å². The second-order valence-electron chi connectivity index (χ2n) is 7.90. The van der Waals surface area contributed by atoms with Crippen LogP contribution >= 0.6 is 0 Å². The summed E-state index contributed by atoms with van der Waals surface area (Å²) in [7, 11) is 0. The Kier molecular flexibility index (Phi) is 9.98. The van der Waals surface area contributed by atoms with Gasteiger partial charge in [-0.15, -0.1) is 0 Å². The molecule has 2 N–H and O–H groups in total. The number of aliphatic imine (C=N–C) groups is 1. The molecule has 0 saturated carbocycles. The molecule has 0 aromatic carbocycles. The van der Waals surface area contributed by atoms with Crippen LogP contribution < -0.4 is 10.6 Å². The summed E-state index contributed by atoms with van der Waals surface area (Å²) >= 11 is 0. The molecular weight excluding hydrogens is 398 g/mol. The molecule has 2 aliphatic heterocycles. The summed E-state index contributed by atoms with van der Waals surface area (Å²) in [5.74, 6) is 1.80. The summed E-state index contributed by atoms with van der Waals surface area (Å²) in [6, 6.07) is 4.19. The molecule has 1 aromatic heterocycles. The highest BCUT2D eigenvalue weighted by Gasteiger charge is 2.24. The van der Waals surface area contributed by atoms with Crippen LogP contribution in [-0.4, -0.2) is 93.5 Å². The lowest BCUT2D eigenvalue weighted by atomic mass is 10.1. The number of nitrogens with zero attached hydrogens (tertiary/aromatic N) is 3. The highest BCUT2D eigenvalue weighted by atomic mass is 16.6. The van der Waals surface area contributed by atoms with E-state index in [1.165, 1.54) is 0 Å². The summed E-state index contributed by atoms with van der Waals surface area (Å²) in [6.45, 7) is 9.90. The third-order valence-electron chi connectivity index (χ3n) is 5.61. The molecule has 9 nitrogen and oxygen atoms in total. The van der Waals surface area contributed by atoms with Crippen molar-refractivity contribution < 1.29 is 18.7 Å². The largest absolute Gasteiger partial charge is 0.469 e. The maximum absolute atomic E-state index is 11.9. The van der Waals surface area contributed by atoms with Gasteiger partial charge in [0.2, 0.25) is 0 Å². The van der Waals surface area contributed by atoms with Crippen molar-refractivity contribution in [3.05, 3.63) is 24.2 Å². The number of morpholine rings is 1. The van der Waals surface area contributed by atoms with Crippen molar-refractivity contribution in [2.45, 2.75) is 38.6 Å². The number of likely N-dealkylation sites (tertiary alicyclic amines) is 1. The number of hydrogen-bond acceptors (Lipinski definition) is 6. The predicted molar refractivity (Wildman–Crippen MR) is 119 cm³/mol. The molecule has 1 amide bonds. The Morgan fingerprint density at radius 1 is 1.26 bits per heavy atom. The van der Waals surface area contributed by atoms with E-state index in [9.17, 15) is 4.79 Å². The molecule has 0 aliphatic carbocycles. The molecule has 2 aliphatic rings. The molecule has 0 bridgehead atoms. The Morgan fingerprint density at radius 3 is 2.77 bits per heavy atom. The van der Waals surface area contributed by atoms with E-state index in [0.717, 1.165) is 83.3 Å². The summed E-state index contributed by atoms with van der Waals surface area (Å²) in [5.41, 5.74) is 0. The fourth-order valence-corrected chi connectivity index (χ4v) is 3.84. The topological polar surface area (TPSA) is 91.6 Å². The molecule has 31 heavy (non-hydrogen) atoms. The van der Waals surface area contributed by atoms with Crippen LogP contribution in [0.5, 0.6) is 0 Å². The number of nitrogens with one attached hydrogen (secondary N) is 2. The first kappa shape index (κ1) is 23.4. The maximum atomic E-state index is 11.9. The van der Waals surface area contributed by atoms with Crippen LogP contribution in [0.1, 0.15) is 31.9 Å². The van der Waals surface area contributed by atoms with Gasteiger partial charge >= 0.3 is 6.09 Å².